The van der Waals surface area contributed by atoms with Crippen LogP contribution in [0, 0.1) is 17.3 Å². The lowest BCUT2D eigenvalue weighted by Gasteiger charge is -2.59. The van der Waals surface area contributed by atoms with Crippen molar-refractivity contribution in [1.82, 2.24) is 10.2 Å². The van der Waals surface area contributed by atoms with Crippen LogP contribution in [-0.2, 0) is 19.1 Å². The maximum Gasteiger partial charge on any atom is 0.332 e. The van der Waals surface area contributed by atoms with E-state index < -0.39 is 23.4 Å². The van der Waals surface area contributed by atoms with Gasteiger partial charge in [0, 0.05) is 36.0 Å². The molecule has 144 valence electrons. The number of nitrogens with one attached hydrogen (secondary N) is 1. The maximum atomic E-state index is 12.5. The molecule has 5 aliphatic rings. The summed E-state index contributed by atoms with van der Waals surface area (Å²) in [6, 6.07) is -0.513. The molecule has 6 atom stereocenters. The largest absolute Gasteiger partial charge is 0.478 e. The van der Waals surface area contributed by atoms with Crippen molar-refractivity contribution in [2.75, 3.05) is 19.7 Å². The second-order valence-electron chi connectivity index (χ2n) is 8.30. The number of hydrogen-bond donors (Lipinski definition) is 3. The minimum atomic E-state index is -1.27. The van der Waals surface area contributed by atoms with Crippen LogP contribution in [0.4, 0.5) is 0 Å². The fourth-order valence-electron chi connectivity index (χ4n) is 6.53. The van der Waals surface area contributed by atoms with Crippen molar-refractivity contribution in [1.29, 1.82) is 0 Å². The van der Waals surface area contributed by atoms with Crippen LogP contribution in [0.2, 0.25) is 0 Å². The molecular formula is C19H22N2O6. The number of rotatable bonds is 3. The van der Waals surface area contributed by atoms with Crippen molar-refractivity contribution in [3.8, 4) is 0 Å². The Labute approximate surface area is 155 Å². The molecule has 4 aliphatic heterocycles. The van der Waals surface area contributed by atoms with Crippen LogP contribution in [0.15, 0.2) is 23.3 Å². The highest BCUT2D eigenvalue weighted by atomic mass is 16.5. The van der Waals surface area contributed by atoms with Crippen LogP contribution in [0.5, 0.6) is 0 Å². The first kappa shape index (κ1) is 16.9. The fourth-order valence-corrected chi connectivity index (χ4v) is 6.53. The number of carboxylic acids is 2. The molecule has 0 aromatic carbocycles. The number of nitrogens with zero attached hydrogens (tertiary/aromatic N) is 1. The van der Waals surface area contributed by atoms with Crippen molar-refractivity contribution < 1.29 is 29.3 Å². The standard InChI is InChI=1S/C19H22N2O6/c22-14-7-12-16-10-5-13-19(17(16)20-14,11(18(25)26)6-15(23)24)2-3-21(13)8-9(10)1-4-27-12/h1,6,10,12-13,16-17H,2-5,7-8H2,(H,20,22)(H,23,24)(H,25,26)/b11-6-. The Hall–Kier alpha value is -2.19. The Morgan fingerprint density at radius 1 is 1.37 bits per heavy atom. The van der Waals surface area contributed by atoms with Gasteiger partial charge in [-0.15, -0.1) is 0 Å². The second kappa shape index (κ2) is 5.65. The molecule has 0 aromatic heterocycles. The Bertz CT molecular complexity index is 804. The SMILES string of the molecule is O=C(O)/C=C(/C(=O)O)C12CCN3CC4=CCOC5CC(=O)NC1C5C4CC32. The van der Waals surface area contributed by atoms with Gasteiger partial charge in [0.2, 0.25) is 5.91 Å². The van der Waals surface area contributed by atoms with Crippen LogP contribution < -0.4 is 5.32 Å². The summed E-state index contributed by atoms with van der Waals surface area (Å²) in [5.74, 6) is -2.41. The number of ether oxygens (including phenoxy) is 1. The number of hydrogen-bond acceptors (Lipinski definition) is 5. The highest BCUT2D eigenvalue weighted by Crippen LogP contribution is 2.60. The van der Waals surface area contributed by atoms with E-state index in [0.717, 1.165) is 19.0 Å². The molecule has 2 bridgehead atoms. The van der Waals surface area contributed by atoms with Gasteiger partial charge in [0.15, 0.2) is 0 Å². The van der Waals surface area contributed by atoms with E-state index in [2.05, 4.69) is 16.3 Å². The Morgan fingerprint density at radius 3 is 2.93 bits per heavy atom. The van der Waals surface area contributed by atoms with Gasteiger partial charge in [0.25, 0.3) is 0 Å². The van der Waals surface area contributed by atoms with Gasteiger partial charge in [-0.3, -0.25) is 9.69 Å². The summed E-state index contributed by atoms with van der Waals surface area (Å²) in [5.41, 5.74) is 0.317. The van der Waals surface area contributed by atoms with E-state index in [4.69, 9.17) is 4.74 Å². The summed E-state index contributed by atoms with van der Waals surface area (Å²) >= 11 is 0. The number of carbonyl (C=O) groups excluding carboxylic acids is 1. The molecule has 27 heavy (non-hydrogen) atoms. The molecule has 1 aliphatic carbocycles. The minimum Gasteiger partial charge on any atom is -0.478 e. The summed E-state index contributed by atoms with van der Waals surface area (Å²) in [6.07, 6.45) is 4.29. The lowest BCUT2D eigenvalue weighted by atomic mass is 9.52. The molecule has 6 unspecified atom stereocenters. The molecule has 1 saturated carbocycles. The Kier molecular flexibility index (Phi) is 3.55. The summed E-state index contributed by atoms with van der Waals surface area (Å²) in [5, 5.41) is 22.3. The van der Waals surface area contributed by atoms with Crippen molar-refractivity contribution in [2.24, 2.45) is 17.3 Å². The normalized spacial score (nSPS) is 42.8. The summed E-state index contributed by atoms with van der Waals surface area (Å²) < 4.78 is 6.00. The zero-order valence-electron chi connectivity index (χ0n) is 14.8. The van der Waals surface area contributed by atoms with Gasteiger partial charge in [0.1, 0.15) is 0 Å². The third-order valence-electron chi connectivity index (χ3n) is 7.38. The molecule has 3 saturated heterocycles. The van der Waals surface area contributed by atoms with Crippen molar-refractivity contribution in [3.63, 3.8) is 0 Å². The van der Waals surface area contributed by atoms with E-state index in [0.29, 0.717) is 19.6 Å². The monoisotopic (exact) mass is 374 g/mol. The molecule has 4 heterocycles. The fraction of sp³-hybridized carbons (Fsp3) is 0.632. The first-order chi connectivity index (χ1) is 12.9. The molecule has 0 aromatic rings. The highest BCUT2D eigenvalue weighted by Gasteiger charge is 2.67. The van der Waals surface area contributed by atoms with Crippen LogP contribution >= 0.6 is 0 Å². The Balaban J connectivity index is 1.72. The van der Waals surface area contributed by atoms with Crippen molar-refractivity contribution in [2.45, 2.75) is 37.5 Å². The first-order valence-corrected chi connectivity index (χ1v) is 9.44. The number of aliphatic carboxylic acids is 2. The van der Waals surface area contributed by atoms with Gasteiger partial charge < -0.3 is 20.3 Å². The molecule has 0 spiro atoms. The summed E-state index contributed by atoms with van der Waals surface area (Å²) in [7, 11) is 0. The van der Waals surface area contributed by atoms with Gasteiger partial charge in [-0.25, -0.2) is 9.59 Å². The zero-order valence-corrected chi connectivity index (χ0v) is 14.8. The lowest BCUT2D eigenvalue weighted by Crippen LogP contribution is -2.70. The van der Waals surface area contributed by atoms with Gasteiger partial charge in [-0.2, -0.15) is 0 Å². The van der Waals surface area contributed by atoms with Gasteiger partial charge in [0.05, 0.1) is 24.7 Å². The van der Waals surface area contributed by atoms with E-state index in [9.17, 15) is 24.6 Å². The third-order valence-corrected chi connectivity index (χ3v) is 7.38. The van der Waals surface area contributed by atoms with Crippen molar-refractivity contribution >= 4 is 17.8 Å². The lowest BCUT2D eigenvalue weighted by molar-refractivity contribution is -0.147. The van der Waals surface area contributed by atoms with Gasteiger partial charge >= 0.3 is 11.9 Å². The Morgan fingerprint density at radius 2 is 2.19 bits per heavy atom. The maximum absolute atomic E-state index is 12.5. The van der Waals surface area contributed by atoms with E-state index in [-0.39, 0.29) is 41.9 Å². The molecule has 3 N–H and O–H groups in total. The highest BCUT2D eigenvalue weighted by molar-refractivity contribution is 5.96. The smallest absolute Gasteiger partial charge is 0.332 e. The molecule has 8 nitrogen and oxygen atoms in total. The summed E-state index contributed by atoms with van der Waals surface area (Å²) in [4.78, 5) is 38.3. The predicted octanol–water partition coefficient (Wildman–Crippen LogP) is 0.00610. The average Bonchev–Trinajstić information content (AvgIpc) is 2.90. The van der Waals surface area contributed by atoms with Crippen LogP contribution in [0.25, 0.3) is 0 Å². The number of amides is 1. The molecule has 1 amide bonds. The van der Waals surface area contributed by atoms with Crippen LogP contribution in [0.3, 0.4) is 0 Å². The number of piperidine rings is 2. The van der Waals surface area contributed by atoms with Crippen LogP contribution in [0.1, 0.15) is 19.3 Å². The topological polar surface area (TPSA) is 116 Å². The van der Waals surface area contributed by atoms with E-state index >= 15 is 0 Å². The van der Waals surface area contributed by atoms with E-state index in [1.807, 2.05) is 0 Å². The minimum absolute atomic E-state index is 0.0236. The van der Waals surface area contributed by atoms with Crippen LogP contribution in [-0.4, -0.2) is 70.8 Å². The third kappa shape index (κ3) is 2.20. The molecule has 0 radical (unpaired) electrons. The van der Waals surface area contributed by atoms with E-state index in [1.54, 1.807) is 0 Å². The number of carboxylic acid groups (broad SMARTS) is 2. The summed E-state index contributed by atoms with van der Waals surface area (Å²) in [6.45, 7) is 1.93. The number of carbonyl (C=O) groups is 3. The quantitative estimate of drug-likeness (QED) is 0.470. The molecule has 4 fully saturated rings. The van der Waals surface area contributed by atoms with Gasteiger partial charge in [-0.05, 0) is 25.3 Å². The predicted molar refractivity (Wildman–Crippen MR) is 91.7 cm³/mol. The van der Waals surface area contributed by atoms with Gasteiger partial charge in [-0.1, -0.05) is 11.6 Å². The average molecular weight is 374 g/mol. The molecule has 8 heteroatoms. The number of fused-ring (bicyclic) bond motifs is 1. The van der Waals surface area contributed by atoms with E-state index in [1.165, 1.54) is 5.57 Å². The second-order valence-corrected chi connectivity index (χ2v) is 8.30. The van der Waals surface area contributed by atoms with Crippen molar-refractivity contribution in [3.05, 3.63) is 23.3 Å². The zero-order chi connectivity index (χ0) is 18.9. The molecular weight excluding hydrogens is 352 g/mol. The molecule has 5 rings (SSSR count). The first-order valence-electron chi connectivity index (χ1n) is 9.44.